The fraction of sp³-hybridized carbons (Fsp3) is 0.526. The fourth-order valence-electron chi connectivity index (χ4n) is 3.17. The van der Waals surface area contributed by atoms with Gasteiger partial charge in [-0.25, -0.2) is 4.79 Å². The third kappa shape index (κ3) is 7.93. The summed E-state index contributed by atoms with van der Waals surface area (Å²) >= 11 is 0. The van der Waals surface area contributed by atoms with Crippen LogP contribution >= 0.6 is 0 Å². The molecule has 0 spiro atoms. The number of guanidine groups is 1. The van der Waals surface area contributed by atoms with E-state index in [0.29, 0.717) is 31.0 Å². The van der Waals surface area contributed by atoms with Crippen molar-refractivity contribution in [1.82, 2.24) is 10.3 Å². The normalized spacial score (nSPS) is 15.3. The van der Waals surface area contributed by atoms with E-state index in [1.807, 2.05) is 0 Å². The van der Waals surface area contributed by atoms with Crippen LogP contribution in [0.4, 0.5) is 4.79 Å². The molecule has 5 N–H and O–H groups in total. The maximum Gasteiger partial charge on any atom is 1.00 e. The number of amides is 2. The molecule has 0 saturated heterocycles. The molecule has 1 aliphatic rings. The molecule has 1 aromatic heterocycles. The Labute approximate surface area is 193 Å². The molecule has 2 amide bonds. The Kier molecular flexibility index (Phi) is 11.2. The third-order valence-electron chi connectivity index (χ3n) is 4.50. The van der Waals surface area contributed by atoms with Crippen LogP contribution < -0.4 is 46.3 Å². The average molecular weight is 413 g/mol. The molecule has 0 bridgehead atoms. The summed E-state index contributed by atoms with van der Waals surface area (Å²) in [6.45, 7) is 6.63. The molecule has 0 fully saturated rings. The number of aryl methyl sites for hydroxylation is 2. The van der Waals surface area contributed by atoms with Crippen LogP contribution in [0.3, 0.4) is 0 Å². The van der Waals surface area contributed by atoms with Gasteiger partial charge in [0.15, 0.2) is 5.96 Å². The average Bonchev–Trinajstić information content (AvgIpc) is 2.84. The van der Waals surface area contributed by atoms with Gasteiger partial charge in [0.2, 0.25) is 0 Å². The van der Waals surface area contributed by atoms with Gasteiger partial charge >= 0.3 is 35.7 Å². The number of fused-ring (bicyclic) bond motifs is 1. The van der Waals surface area contributed by atoms with Gasteiger partial charge in [0.1, 0.15) is 6.61 Å². The maximum atomic E-state index is 12.2. The number of alkyl carbamates (subject to hydrolysis) is 1. The fourth-order valence-corrected chi connectivity index (χ4v) is 3.17. The number of carbonyl (C=O) groups is 2. The standard InChI is InChI=1S/C19H28N5O4.Na/c1-3-27-9-8-22-19(26)28-11-14-7-5-4-6-13-10-15(12(2)23-16(13)14)17(25)24-18(20)21;/h10,14H,1,3-9,11H2,2H3,(H,22,26)(H4,20,21,24,25);/q-1;+1. The summed E-state index contributed by atoms with van der Waals surface area (Å²) in [5.74, 6) is -0.809. The van der Waals surface area contributed by atoms with Crippen LogP contribution in [0, 0.1) is 13.8 Å². The van der Waals surface area contributed by atoms with E-state index < -0.39 is 12.0 Å². The van der Waals surface area contributed by atoms with Crippen molar-refractivity contribution in [3.63, 3.8) is 0 Å². The Bertz CT molecular complexity index is 738. The number of aliphatic imine (C=N–C) groups is 1. The first-order chi connectivity index (χ1) is 13.4. The minimum Gasteiger partial charge on any atom is -0.449 e. The summed E-state index contributed by atoms with van der Waals surface area (Å²) < 4.78 is 10.4. The molecule has 29 heavy (non-hydrogen) atoms. The van der Waals surface area contributed by atoms with E-state index in [-0.39, 0.29) is 48.0 Å². The first kappa shape index (κ1) is 25.4. The molecule has 0 radical (unpaired) electrons. The summed E-state index contributed by atoms with van der Waals surface area (Å²) in [4.78, 5) is 32.3. The Morgan fingerprint density at radius 2 is 2.14 bits per heavy atom. The van der Waals surface area contributed by atoms with Gasteiger partial charge < -0.3 is 33.2 Å². The number of nitrogens with zero attached hydrogens (tertiary/aromatic N) is 2. The number of carbonyl (C=O) groups excluding carboxylic acids is 2. The van der Waals surface area contributed by atoms with E-state index in [1.165, 1.54) is 0 Å². The summed E-state index contributed by atoms with van der Waals surface area (Å²) in [6.07, 6.45) is 3.13. The molecule has 1 atom stereocenters. The zero-order valence-electron chi connectivity index (χ0n) is 17.2. The Morgan fingerprint density at radius 1 is 1.38 bits per heavy atom. The number of rotatable bonds is 7. The Balaban J connectivity index is 0.00000420. The number of hydrogen-bond acceptors (Lipinski definition) is 5. The van der Waals surface area contributed by atoms with Crippen LogP contribution in [-0.4, -0.2) is 49.3 Å². The van der Waals surface area contributed by atoms with Crippen LogP contribution in [-0.2, 0) is 15.9 Å². The smallest absolute Gasteiger partial charge is 0.449 e. The molecule has 1 aliphatic carbocycles. The molecule has 154 valence electrons. The van der Waals surface area contributed by atoms with Gasteiger partial charge in [0.25, 0.3) is 5.91 Å². The van der Waals surface area contributed by atoms with E-state index in [4.69, 9.17) is 20.9 Å². The van der Waals surface area contributed by atoms with Crippen molar-refractivity contribution in [2.75, 3.05) is 26.4 Å². The van der Waals surface area contributed by atoms with Gasteiger partial charge in [-0.15, -0.1) is 0 Å². The SMILES string of the molecule is [CH2-]COCCNC(=O)OCC1CCCCc2cc(C(=O)N=C(N)N)c(C)nc21.[Na+]. The molecule has 1 unspecified atom stereocenters. The van der Waals surface area contributed by atoms with E-state index in [2.05, 4.69) is 22.2 Å². The van der Waals surface area contributed by atoms with Gasteiger partial charge in [-0.05, 0) is 37.8 Å². The monoisotopic (exact) mass is 413 g/mol. The third-order valence-corrected chi connectivity index (χ3v) is 4.50. The number of ether oxygens (including phenoxy) is 2. The van der Waals surface area contributed by atoms with Crippen LogP contribution in [0.25, 0.3) is 0 Å². The van der Waals surface area contributed by atoms with Crippen LogP contribution in [0.1, 0.15) is 52.5 Å². The second-order valence-electron chi connectivity index (χ2n) is 6.59. The second kappa shape index (κ2) is 12.8. The molecule has 0 aromatic carbocycles. The number of nitrogens with two attached hydrogens (primary N) is 2. The summed E-state index contributed by atoms with van der Waals surface area (Å²) in [7, 11) is 0. The molecule has 1 aromatic rings. The van der Waals surface area contributed by atoms with Gasteiger partial charge in [-0.3, -0.25) is 9.78 Å². The van der Waals surface area contributed by atoms with Crippen LogP contribution in [0.2, 0.25) is 0 Å². The van der Waals surface area contributed by atoms with Crippen molar-refractivity contribution in [3.8, 4) is 0 Å². The number of nitrogens with one attached hydrogen (secondary N) is 1. The maximum absolute atomic E-state index is 12.2. The van der Waals surface area contributed by atoms with Crippen molar-refractivity contribution in [2.24, 2.45) is 16.5 Å². The topological polar surface area (TPSA) is 142 Å². The van der Waals surface area contributed by atoms with Crippen LogP contribution in [0.15, 0.2) is 11.1 Å². The van der Waals surface area contributed by atoms with Gasteiger partial charge in [0.05, 0.1) is 23.6 Å². The largest absolute Gasteiger partial charge is 1.00 e. The van der Waals surface area contributed by atoms with Crippen molar-refractivity contribution in [3.05, 3.63) is 35.5 Å². The summed E-state index contributed by atoms with van der Waals surface area (Å²) in [6, 6.07) is 1.81. The van der Waals surface area contributed by atoms with E-state index >= 15 is 0 Å². The summed E-state index contributed by atoms with van der Waals surface area (Å²) in [5.41, 5.74) is 13.4. The first-order valence-corrected chi connectivity index (χ1v) is 9.34. The van der Waals surface area contributed by atoms with Gasteiger partial charge in [-0.2, -0.15) is 4.99 Å². The molecular weight excluding hydrogens is 385 g/mol. The quantitative estimate of drug-likeness (QED) is 0.119. The number of aromatic nitrogens is 1. The second-order valence-corrected chi connectivity index (χ2v) is 6.59. The van der Waals surface area contributed by atoms with E-state index in [9.17, 15) is 9.59 Å². The van der Waals surface area contributed by atoms with Crippen molar-refractivity contribution >= 4 is 18.0 Å². The zero-order chi connectivity index (χ0) is 20.5. The molecule has 0 saturated carbocycles. The van der Waals surface area contributed by atoms with Crippen molar-refractivity contribution in [2.45, 2.75) is 38.5 Å². The first-order valence-electron chi connectivity index (χ1n) is 9.34. The van der Waals surface area contributed by atoms with Crippen LogP contribution in [0.5, 0.6) is 0 Å². The Morgan fingerprint density at radius 3 is 2.83 bits per heavy atom. The number of hydrogen-bond donors (Lipinski definition) is 3. The van der Waals surface area contributed by atoms with Gasteiger partial charge in [0, 0.05) is 12.5 Å². The minimum absolute atomic E-state index is 0. The Hall–Kier alpha value is -1.68. The molecule has 10 heteroatoms. The molecule has 1 heterocycles. The number of pyridine rings is 1. The molecule has 9 nitrogen and oxygen atoms in total. The predicted molar refractivity (Wildman–Crippen MR) is 105 cm³/mol. The van der Waals surface area contributed by atoms with Gasteiger partial charge in [-0.1, -0.05) is 13.0 Å². The minimum atomic E-state index is -0.506. The predicted octanol–water partition coefficient (Wildman–Crippen LogP) is -1.81. The molecular formula is C19H28N5NaO4. The zero-order valence-corrected chi connectivity index (χ0v) is 19.2. The molecule has 2 rings (SSSR count). The molecule has 0 aliphatic heterocycles. The van der Waals surface area contributed by atoms with E-state index in [0.717, 1.165) is 36.9 Å². The van der Waals surface area contributed by atoms with Crippen molar-refractivity contribution < 1.29 is 48.6 Å². The van der Waals surface area contributed by atoms with E-state index in [1.54, 1.807) is 13.0 Å². The van der Waals surface area contributed by atoms with Crippen molar-refractivity contribution in [1.29, 1.82) is 0 Å². The summed E-state index contributed by atoms with van der Waals surface area (Å²) in [5, 5.41) is 2.63.